The molecule has 0 bridgehead atoms. The summed E-state index contributed by atoms with van der Waals surface area (Å²) in [6, 6.07) is 17.7. The fourth-order valence-electron chi connectivity index (χ4n) is 4.96. The second-order valence-electron chi connectivity index (χ2n) is 11.1. The van der Waals surface area contributed by atoms with Gasteiger partial charge >= 0.3 is 0 Å². The normalized spacial score (nSPS) is 12.1. The maximum Gasteiger partial charge on any atom is 0.119 e. The molecule has 0 saturated carbocycles. The minimum absolute atomic E-state index is 0.752. The zero-order valence-electron chi connectivity index (χ0n) is 24.0. The first-order chi connectivity index (χ1) is 17.7. The Kier molecular flexibility index (Phi) is 17.2. The van der Waals surface area contributed by atoms with Crippen molar-refractivity contribution < 1.29 is 4.74 Å². The topological polar surface area (TPSA) is 9.23 Å². The molecule has 0 heterocycles. The molecule has 0 saturated heterocycles. The van der Waals surface area contributed by atoms with Crippen LogP contribution in [0.15, 0.2) is 48.5 Å². The molecule has 0 fully saturated rings. The molecular weight excluding hydrogens is 436 g/mol. The van der Waals surface area contributed by atoms with Crippen molar-refractivity contribution in [3.8, 4) is 16.9 Å². The molecule has 2 aromatic rings. The summed E-state index contributed by atoms with van der Waals surface area (Å²) in [6.07, 6.45) is 24.9. The molecule has 0 radical (unpaired) electrons. The lowest BCUT2D eigenvalue weighted by atomic mass is 9.97. The summed E-state index contributed by atoms with van der Waals surface area (Å²) in [7, 11) is 0. The average molecular weight is 493 g/mol. The monoisotopic (exact) mass is 492 g/mol. The maximum atomic E-state index is 5.99. The van der Waals surface area contributed by atoms with Crippen LogP contribution < -0.4 is 4.74 Å². The highest BCUT2D eigenvalue weighted by Gasteiger charge is 2.03. The first-order valence-corrected chi connectivity index (χ1v) is 15.5. The third-order valence-corrected chi connectivity index (χ3v) is 7.69. The van der Waals surface area contributed by atoms with Gasteiger partial charge in [0.15, 0.2) is 0 Å². The van der Waals surface area contributed by atoms with Gasteiger partial charge in [0.2, 0.25) is 0 Å². The largest absolute Gasteiger partial charge is 0.494 e. The highest BCUT2D eigenvalue weighted by atomic mass is 16.5. The predicted molar refractivity (Wildman–Crippen MR) is 160 cm³/mol. The van der Waals surface area contributed by atoms with Crippen molar-refractivity contribution in [3.05, 3.63) is 54.1 Å². The Morgan fingerprint density at radius 2 is 0.944 bits per heavy atom. The third kappa shape index (κ3) is 14.1. The molecule has 36 heavy (non-hydrogen) atoms. The molecule has 0 N–H and O–H groups in total. The molecule has 0 spiro atoms. The SMILES string of the molecule is CCCCCCCCCCCCCCCCCCOc1ccc(-c2ccc(C[C@@H](C)CC)cc2)cc1. The predicted octanol–water partition coefficient (Wildman–Crippen LogP) is 11.6. The summed E-state index contributed by atoms with van der Waals surface area (Å²) in [5.41, 5.74) is 3.99. The van der Waals surface area contributed by atoms with Crippen LogP contribution in [0.25, 0.3) is 11.1 Å². The molecule has 1 nitrogen and oxygen atoms in total. The summed E-state index contributed by atoms with van der Waals surface area (Å²) < 4.78 is 5.99. The number of hydrogen-bond acceptors (Lipinski definition) is 1. The minimum Gasteiger partial charge on any atom is -0.494 e. The summed E-state index contributed by atoms with van der Waals surface area (Å²) in [4.78, 5) is 0. The summed E-state index contributed by atoms with van der Waals surface area (Å²) in [5.74, 6) is 1.75. The number of hydrogen-bond donors (Lipinski definition) is 0. The van der Waals surface area contributed by atoms with Crippen molar-refractivity contribution in [3.63, 3.8) is 0 Å². The molecule has 2 rings (SSSR count). The van der Waals surface area contributed by atoms with E-state index >= 15 is 0 Å². The van der Waals surface area contributed by atoms with E-state index in [-0.39, 0.29) is 0 Å². The molecule has 1 atom stereocenters. The molecule has 0 amide bonds. The van der Waals surface area contributed by atoms with Gasteiger partial charge in [-0.2, -0.15) is 0 Å². The van der Waals surface area contributed by atoms with Crippen LogP contribution in [0.3, 0.4) is 0 Å². The fourth-order valence-corrected chi connectivity index (χ4v) is 4.96. The molecular formula is C35H56O. The maximum absolute atomic E-state index is 5.99. The molecule has 0 aliphatic carbocycles. The fraction of sp³-hybridized carbons (Fsp3) is 0.657. The minimum atomic E-state index is 0.752. The van der Waals surface area contributed by atoms with Gasteiger partial charge in [-0.15, -0.1) is 0 Å². The second kappa shape index (κ2) is 20.3. The van der Waals surface area contributed by atoms with Gasteiger partial charge in [-0.1, -0.05) is 160 Å². The molecule has 1 heteroatoms. The lowest BCUT2D eigenvalue weighted by Crippen LogP contribution is -1.97. The van der Waals surface area contributed by atoms with E-state index in [1.54, 1.807) is 0 Å². The Balaban J connectivity index is 1.44. The number of unbranched alkanes of at least 4 members (excludes halogenated alkanes) is 15. The van der Waals surface area contributed by atoms with E-state index in [0.29, 0.717) is 0 Å². The number of ether oxygens (including phenoxy) is 1. The van der Waals surface area contributed by atoms with Crippen LogP contribution in [0, 0.1) is 5.92 Å². The van der Waals surface area contributed by atoms with Crippen LogP contribution >= 0.6 is 0 Å². The van der Waals surface area contributed by atoms with Crippen molar-refractivity contribution in [2.75, 3.05) is 6.61 Å². The van der Waals surface area contributed by atoms with Crippen molar-refractivity contribution >= 4 is 0 Å². The summed E-state index contributed by atoms with van der Waals surface area (Å²) in [6.45, 7) is 7.72. The van der Waals surface area contributed by atoms with Crippen LogP contribution in [0.4, 0.5) is 0 Å². The highest BCUT2D eigenvalue weighted by Crippen LogP contribution is 2.24. The van der Waals surface area contributed by atoms with Crippen molar-refractivity contribution in [2.45, 2.75) is 136 Å². The van der Waals surface area contributed by atoms with Gasteiger partial charge in [-0.3, -0.25) is 0 Å². The van der Waals surface area contributed by atoms with Gasteiger partial charge in [0.1, 0.15) is 5.75 Å². The highest BCUT2D eigenvalue weighted by molar-refractivity contribution is 5.64. The van der Waals surface area contributed by atoms with E-state index in [9.17, 15) is 0 Å². The van der Waals surface area contributed by atoms with Crippen molar-refractivity contribution in [1.82, 2.24) is 0 Å². The average Bonchev–Trinajstić information content (AvgIpc) is 2.91. The lowest BCUT2D eigenvalue weighted by Gasteiger charge is -2.10. The van der Waals surface area contributed by atoms with Crippen LogP contribution in [0.2, 0.25) is 0 Å². The molecule has 2 aromatic carbocycles. The van der Waals surface area contributed by atoms with E-state index in [1.807, 2.05) is 0 Å². The van der Waals surface area contributed by atoms with Gasteiger partial charge in [0, 0.05) is 0 Å². The quantitative estimate of drug-likeness (QED) is 0.148. The number of benzene rings is 2. The summed E-state index contributed by atoms with van der Waals surface area (Å²) >= 11 is 0. The Labute approximate surface area is 224 Å². The standard InChI is InChI=1S/C35H56O/c1-4-6-7-8-9-10-11-12-13-14-15-16-17-18-19-20-29-36-35-27-25-34(26-28-35)33-23-21-32(22-24-33)30-31(3)5-2/h21-28,31H,4-20,29-30H2,1-3H3/t31-/m0/s1. The second-order valence-corrected chi connectivity index (χ2v) is 11.1. The molecule has 0 aliphatic rings. The van der Waals surface area contributed by atoms with Gasteiger partial charge in [0.25, 0.3) is 0 Å². The Morgan fingerprint density at radius 1 is 0.528 bits per heavy atom. The first-order valence-electron chi connectivity index (χ1n) is 15.5. The van der Waals surface area contributed by atoms with Gasteiger partial charge in [-0.05, 0) is 47.6 Å². The van der Waals surface area contributed by atoms with Crippen molar-refractivity contribution in [2.24, 2.45) is 5.92 Å². The van der Waals surface area contributed by atoms with E-state index < -0.39 is 0 Å². The number of rotatable bonds is 22. The van der Waals surface area contributed by atoms with Gasteiger partial charge in [0.05, 0.1) is 6.61 Å². The van der Waals surface area contributed by atoms with Crippen LogP contribution in [-0.2, 0) is 6.42 Å². The van der Waals surface area contributed by atoms with Crippen molar-refractivity contribution in [1.29, 1.82) is 0 Å². The zero-order valence-corrected chi connectivity index (χ0v) is 24.0. The van der Waals surface area contributed by atoms with E-state index in [4.69, 9.17) is 4.74 Å². The zero-order chi connectivity index (χ0) is 25.7. The van der Waals surface area contributed by atoms with E-state index in [0.717, 1.165) is 24.7 Å². The summed E-state index contributed by atoms with van der Waals surface area (Å²) in [5, 5.41) is 0. The molecule has 0 aromatic heterocycles. The lowest BCUT2D eigenvalue weighted by molar-refractivity contribution is 0.304. The van der Waals surface area contributed by atoms with E-state index in [1.165, 1.54) is 126 Å². The first kappa shape index (κ1) is 30.5. The van der Waals surface area contributed by atoms with Crippen LogP contribution in [0.1, 0.15) is 135 Å². The van der Waals surface area contributed by atoms with Crippen LogP contribution in [-0.4, -0.2) is 6.61 Å². The molecule has 0 aliphatic heterocycles. The third-order valence-electron chi connectivity index (χ3n) is 7.69. The van der Waals surface area contributed by atoms with E-state index in [2.05, 4.69) is 69.3 Å². The van der Waals surface area contributed by atoms with Gasteiger partial charge in [-0.25, -0.2) is 0 Å². The van der Waals surface area contributed by atoms with Gasteiger partial charge < -0.3 is 4.74 Å². The Morgan fingerprint density at radius 3 is 1.39 bits per heavy atom. The smallest absolute Gasteiger partial charge is 0.119 e. The Hall–Kier alpha value is -1.76. The molecule has 202 valence electrons. The Bertz CT molecular complexity index is 745. The van der Waals surface area contributed by atoms with Crippen LogP contribution in [0.5, 0.6) is 5.75 Å². The molecule has 0 unspecified atom stereocenters.